The van der Waals surface area contributed by atoms with Crippen molar-refractivity contribution < 1.29 is 29.4 Å². The standard InChI is InChI=1S/C46H63N5O6/c1-28-38-23-34(46(38,3)4)24-39(28)47-44(54)42-41(29(2)53)40(27-52)57-51(42)25-31-15-12-16-37(43(31)56-8)32-20-33(22-35(21-32)48(5)6)45(55)50-18-17-49(7)26-36(50)19-30-13-10-9-11-14-30/h9-16,20-22,28-29,34,36,38-42,52-53H,17-19,23-27H2,1-8H3,(H,47,54)/t28-,29-,34+,36-,38-,39-,40-,41?,42-/m0/s1. The van der Waals surface area contributed by atoms with Gasteiger partial charge in [-0.05, 0) is 85.7 Å². The largest absolute Gasteiger partial charge is 0.496 e. The smallest absolute Gasteiger partial charge is 0.254 e. The van der Waals surface area contributed by atoms with Gasteiger partial charge in [0.15, 0.2) is 0 Å². The van der Waals surface area contributed by atoms with Gasteiger partial charge in [-0.2, -0.15) is 5.06 Å². The number of para-hydroxylation sites is 1. The van der Waals surface area contributed by atoms with Gasteiger partial charge in [-0.15, -0.1) is 0 Å². The number of ether oxygens (including phenoxy) is 1. The van der Waals surface area contributed by atoms with Crippen molar-refractivity contribution in [1.82, 2.24) is 20.2 Å². The Hall–Kier alpha value is -4.00. The Bertz CT molecular complexity index is 1900. The van der Waals surface area contributed by atoms with Gasteiger partial charge < -0.3 is 35.0 Å². The molecular formula is C46H63N5O6. The lowest BCUT2D eigenvalue weighted by atomic mass is 9.45. The Kier molecular flexibility index (Phi) is 12.1. The molecule has 5 aliphatic rings. The third-order valence-corrected chi connectivity index (χ3v) is 13.9. The molecule has 3 saturated carbocycles. The topological polar surface area (TPSA) is 118 Å². The lowest BCUT2D eigenvalue weighted by Gasteiger charge is -2.62. The van der Waals surface area contributed by atoms with E-state index in [0.29, 0.717) is 35.6 Å². The number of benzene rings is 3. The number of amides is 2. The molecule has 5 fully saturated rings. The second-order valence-electron chi connectivity index (χ2n) is 18.0. The fourth-order valence-electron chi connectivity index (χ4n) is 10.5. The first-order chi connectivity index (χ1) is 27.2. The highest BCUT2D eigenvalue weighted by Crippen LogP contribution is 2.61. The van der Waals surface area contributed by atoms with Crippen LogP contribution in [0, 0.1) is 29.1 Å². The minimum absolute atomic E-state index is 0.00390. The molecule has 8 rings (SSSR count). The molecule has 0 radical (unpaired) electrons. The minimum atomic E-state index is -0.899. The molecule has 1 unspecified atom stereocenters. The average Bonchev–Trinajstić information content (AvgIpc) is 3.57. The van der Waals surface area contributed by atoms with Gasteiger partial charge in [-0.3, -0.25) is 14.4 Å². The van der Waals surface area contributed by atoms with Gasteiger partial charge in [0.2, 0.25) is 5.91 Å². The molecule has 11 heteroatoms. The lowest BCUT2D eigenvalue weighted by Crippen LogP contribution is -2.62. The van der Waals surface area contributed by atoms with Gasteiger partial charge in [0.05, 0.1) is 26.4 Å². The Morgan fingerprint density at radius 2 is 1.81 bits per heavy atom. The molecule has 3 aromatic rings. The number of fused-ring (bicyclic) bond motifs is 2. The molecule has 0 spiro atoms. The Balaban J connectivity index is 1.18. The van der Waals surface area contributed by atoms with Crippen LogP contribution in [-0.4, -0.2) is 122 Å². The van der Waals surface area contributed by atoms with Crippen LogP contribution in [0.15, 0.2) is 66.7 Å². The molecule has 3 aromatic carbocycles. The van der Waals surface area contributed by atoms with Crippen molar-refractivity contribution in [3.05, 3.63) is 83.4 Å². The zero-order chi connectivity index (χ0) is 40.8. The molecule has 2 heterocycles. The summed E-state index contributed by atoms with van der Waals surface area (Å²) >= 11 is 0. The number of hydroxylamine groups is 2. The van der Waals surface area contributed by atoms with Gasteiger partial charge in [0.25, 0.3) is 5.91 Å². The van der Waals surface area contributed by atoms with Crippen LogP contribution in [0.1, 0.15) is 62.0 Å². The molecule has 2 amide bonds. The number of carbonyl (C=O) groups excluding carboxylic acids is 2. The van der Waals surface area contributed by atoms with Crippen LogP contribution in [0.25, 0.3) is 11.1 Å². The van der Waals surface area contributed by atoms with E-state index in [0.717, 1.165) is 48.3 Å². The number of carbonyl (C=O) groups is 2. The number of rotatable bonds is 12. The number of likely N-dealkylation sites (N-methyl/N-ethyl adjacent to an activating group) is 1. The van der Waals surface area contributed by atoms with Gasteiger partial charge in [-0.1, -0.05) is 69.3 Å². The summed E-state index contributed by atoms with van der Waals surface area (Å²) in [5.74, 6) is 1.22. The molecule has 308 valence electrons. The van der Waals surface area contributed by atoms with Gasteiger partial charge in [-0.25, -0.2) is 0 Å². The molecule has 2 bridgehead atoms. The van der Waals surface area contributed by atoms with Crippen LogP contribution >= 0.6 is 0 Å². The Labute approximate surface area is 338 Å². The summed E-state index contributed by atoms with van der Waals surface area (Å²) in [6.45, 7) is 10.7. The second kappa shape index (κ2) is 16.7. The molecule has 9 atom stereocenters. The van der Waals surface area contributed by atoms with E-state index < -0.39 is 24.2 Å². The summed E-state index contributed by atoms with van der Waals surface area (Å²) in [4.78, 5) is 41.5. The van der Waals surface area contributed by atoms with E-state index in [2.05, 4.69) is 56.2 Å². The van der Waals surface area contributed by atoms with Gasteiger partial charge in [0, 0.05) is 74.1 Å². The molecule has 3 aliphatic carbocycles. The fourth-order valence-corrected chi connectivity index (χ4v) is 10.5. The quantitative estimate of drug-likeness (QED) is 0.231. The monoisotopic (exact) mass is 781 g/mol. The fraction of sp³-hybridized carbons (Fsp3) is 0.565. The summed E-state index contributed by atoms with van der Waals surface area (Å²) in [5, 5.41) is 26.4. The molecular weight excluding hydrogens is 719 g/mol. The number of methoxy groups -OCH3 is 1. The maximum atomic E-state index is 14.5. The number of piperazine rings is 1. The predicted octanol–water partition coefficient (Wildman–Crippen LogP) is 5.09. The minimum Gasteiger partial charge on any atom is -0.496 e. The third-order valence-electron chi connectivity index (χ3n) is 13.9. The number of aliphatic hydroxyl groups excluding tert-OH is 2. The lowest BCUT2D eigenvalue weighted by molar-refractivity contribution is -0.183. The maximum Gasteiger partial charge on any atom is 0.254 e. The van der Waals surface area contributed by atoms with Crippen LogP contribution in [0.3, 0.4) is 0 Å². The summed E-state index contributed by atoms with van der Waals surface area (Å²) < 4.78 is 6.15. The summed E-state index contributed by atoms with van der Waals surface area (Å²) in [7, 11) is 7.68. The number of anilines is 1. The van der Waals surface area contributed by atoms with Crippen LogP contribution in [0.5, 0.6) is 5.75 Å². The van der Waals surface area contributed by atoms with Crippen molar-refractivity contribution >= 4 is 17.5 Å². The number of hydrogen-bond acceptors (Lipinski definition) is 9. The normalized spacial score (nSPS) is 29.1. The molecule has 3 N–H and O–H groups in total. The second-order valence-corrected chi connectivity index (χ2v) is 18.0. The van der Waals surface area contributed by atoms with Crippen molar-refractivity contribution in [3.63, 3.8) is 0 Å². The SMILES string of the molecule is COc1c(CN2O[C@@H](CO)C([C@H](C)O)[C@H]2C(=O)N[C@H]2C[C@H]3C[C@@H]([C@@H]2C)C3(C)C)cccc1-c1cc(C(=O)N2CCN(C)C[C@@H]2Cc2ccccc2)cc(N(C)C)c1. The number of nitrogens with zero attached hydrogens (tertiary/aromatic N) is 4. The van der Waals surface area contributed by atoms with Crippen LogP contribution < -0.4 is 15.0 Å². The van der Waals surface area contributed by atoms with E-state index in [1.165, 1.54) is 12.0 Å². The van der Waals surface area contributed by atoms with E-state index in [1.54, 1.807) is 19.1 Å². The van der Waals surface area contributed by atoms with Gasteiger partial charge >= 0.3 is 0 Å². The van der Waals surface area contributed by atoms with Gasteiger partial charge in [0.1, 0.15) is 17.9 Å². The zero-order valence-electron chi connectivity index (χ0n) is 35.0. The van der Waals surface area contributed by atoms with Crippen molar-refractivity contribution in [3.8, 4) is 16.9 Å². The Morgan fingerprint density at radius 3 is 2.46 bits per heavy atom. The molecule has 0 aromatic heterocycles. The average molecular weight is 782 g/mol. The Morgan fingerprint density at radius 1 is 1.05 bits per heavy atom. The van der Waals surface area contributed by atoms with E-state index in [9.17, 15) is 19.8 Å². The first-order valence-electron chi connectivity index (χ1n) is 20.8. The van der Waals surface area contributed by atoms with Crippen molar-refractivity contribution in [2.45, 2.75) is 83.8 Å². The molecule has 2 aliphatic heterocycles. The number of aliphatic hydroxyl groups is 2. The predicted molar refractivity (Wildman–Crippen MR) is 223 cm³/mol. The highest BCUT2D eigenvalue weighted by molar-refractivity contribution is 5.97. The van der Waals surface area contributed by atoms with E-state index >= 15 is 0 Å². The van der Waals surface area contributed by atoms with Crippen molar-refractivity contribution in [2.24, 2.45) is 29.1 Å². The summed E-state index contributed by atoms with van der Waals surface area (Å²) in [6, 6.07) is 21.5. The first-order valence-corrected chi connectivity index (χ1v) is 20.8. The first kappa shape index (κ1) is 41.2. The van der Waals surface area contributed by atoms with E-state index in [4.69, 9.17) is 9.57 Å². The van der Waals surface area contributed by atoms with Crippen LogP contribution in [0.2, 0.25) is 0 Å². The molecule has 11 nitrogen and oxygen atoms in total. The number of hydrogen-bond donors (Lipinski definition) is 3. The summed E-state index contributed by atoms with van der Waals surface area (Å²) in [6.07, 6.45) is 1.26. The van der Waals surface area contributed by atoms with E-state index in [1.807, 2.05) is 72.4 Å². The third kappa shape index (κ3) is 8.06. The highest BCUT2D eigenvalue weighted by Gasteiger charge is 2.57. The van der Waals surface area contributed by atoms with E-state index in [-0.39, 0.29) is 42.5 Å². The highest BCUT2D eigenvalue weighted by atomic mass is 16.7. The number of nitrogens with one attached hydrogen (secondary N) is 1. The van der Waals surface area contributed by atoms with Crippen molar-refractivity contribution in [2.75, 3.05) is 59.4 Å². The van der Waals surface area contributed by atoms with Crippen molar-refractivity contribution in [1.29, 1.82) is 0 Å². The van der Waals surface area contributed by atoms with Crippen LogP contribution in [-0.2, 0) is 22.6 Å². The molecule has 2 saturated heterocycles. The maximum absolute atomic E-state index is 14.5. The summed E-state index contributed by atoms with van der Waals surface area (Å²) in [5.41, 5.74) is 5.39. The zero-order valence-corrected chi connectivity index (χ0v) is 35.0. The molecule has 57 heavy (non-hydrogen) atoms. The van der Waals surface area contributed by atoms with Crippen LogP contribution in [0.4, 0.5) is 5.69 Å².